The van der Waals surface area contributed by atoms with Crippen molar-refractivity contribution in [2.45, 2.75) is 27.7 Å². The summed E-state index contributed by atoms with van der Waals surface area (Å²) in [6.45, 7) is 7.86. The van der Waals surface area contributed by atoms with Crippen LogP contribution in [0.5, 0.6) is 11.5 Å². The van der Waals surface area contributed by atoms with Crippen LogP contribution in [-0.2, 0) is 4.79 Å². The van der Waals surface area contributed by atoms with Crippen molar-refractivity contribution in [3.05, 3.63) is 58.1 Å². The van der Waals surface area contributed by atoms with Crippen molar-refractivity contribution < 1.29 is 14.3 Å². The quantitative estimate of drug-likeness (QED) is 0.647. The molecule has 1 N–H and O–H groups in total. The number of nitrogens with one attached hydrogen (secondary N) is 1. The van der Waals surface area contributed by atoms with Gasteiger partial charge in [-0.05, 0) is 68.1 Å². The smallest absolute Gasteiger partial charge is 0.277 e. The van der Waals surface area contributed by atoms with Crippen LogP contribution in [0.4, 0.5) is 0 Å². The van der Waals surface area contributed by atoms with Gasteiger partial charge in [-0.3, -0.25) is 4.79 Å². The van der Waals surface area contributed by atoms with Crippen LogP contribution >= 0.6 is 0 Å². The second kappa shape index (κ2) is 8.33. The van der Waals surface area contributed by atoms with Crippen LogP contribution < -0.4 is 14.9 Å². The Bertz CT molecular complexity index is 798. The lowest BCUT2D eigenvalue weighted by molar-refractivity contribution is -0.123. The van der Waals surface area contributed by atoms with E-state index in [1.165, 1.54) is 0 Å². The molecule has 25 heavy (non-hydrogen) atoms. The number of carbonyl (C=O) groups excluding carboxylic acids is 1. The molecule has 0 atom stereocenters. The molecule has 0 saturated carbocycles. The summed E-state index contributed by atoms with van der Waals surface area (Å²) in [6.07, 6.45) is 1.62. The van der Waals surface area contributed by atoms with Crippen molar-refractivity contribution in [2.75, 3.05) is 13.7 Å². The van der Waals surface area contributed by atoms with E-state index in [2.05, 4.69) is 10.5 Å². The van der Waals surface area contributed by atoms with E-state index in [0.29, 0.717) is 5.75 Å². The second-order valence-electron chi connectivity index (χ2n) is 5.96. The van der Waals surface area contributed by atoms with E-state index in [1.807, 2.05) is 58.0 Å². The fraction of sp³-hybridized carbons (Fsp3) is 0.300. The number of hydrogen-bond acceptors (Lipinski definition) is 4. The third-order valence-electron chi connectivity index (χ3n) is 4.08. The van der Waals surface area contributed by atoms with Gasteiger partial charge in [-0.2, -0.15) is 5.10 Å². The molecule has 0 fully saturated rings. The first-order chi connectivity index (χ1) is 11.9. The Labute approximate surface area is 148 Å². The number of aryl methyl sites for hydroxylation is 2. The average molecular weight is 340 g/mol. The van der Waals surface area contributed by atoms with Gasteiger partial charge in [0.05, 0.1) is 13.3 Å². The number of rotatable bonds is 6. The van der Waals surface area contributed by atoms with Crippen LogP contribution in [0.15, 0.2) is 35.4 Å². The van der Waals surface area contributed by atoms with E-state index in [9.17, 15) is 4.79 Å². The lowest BCUT2D eigenvalue weighted by Gasteiger charge is -2.10. The Balaban J connectivity index is 1.91. The van der Waals surface area contributed by atoms with E-state index in [-0.39, 0.29) is 12.5 Å². The van der Waals surface area contributed by atoms with Crippen molar-refractivity contribution in [1.82, 2.24) is 5.43 Å². The number of benzene rings is 2. The van der Waals surface area contributed by atoms with Crippen molar-refractivity contribution in [2.24, 2.45) is 5.10 Å². The normalized spacial score (nSPS) is 10.8. The number of carbonyl (C=O) groups is 1. The zero-order chi connectivity index (χ0) is 18.4. The Kier molecular flexibility index (Phi) is 6.17. The molecule has 0 unspecified atom stereocenters. The van der Waals surface area contributed by atoms with Gasteiger partial charge in [0.15, 0.2) is 6.61 Å². The molecule has 0 bridgehead atoms. The van der Waals surface area contributed by atoms with Gasteiger partial charge >= 0.3 is 0 Å². The summed E-state index contributed by atoms with van der Waals surface area (Å²) in [4.78, 5) is 11.9. The Morgan fingerprint density at radius 2 is 1.80 bits per heavy atom. The molecular weight excluding hydrogens is 316 g/mol. The summed E-state index contributed by atoms with van der Waals surface area (Å²) in [6, 6.07) is 9.62. The van der Waals surface area contributed by atoms with Crippen LogP contribution in [0, 0.1) is 27.7 Å². The Hall–Kier alpha value is -2.82. The van der Waals surface area contributed by atoms with E-state index in [0.717, 1.165) is 33.6 Å². The summed E-state index contributed by atoms with van der Waals surface area (Å²) in [5.74, 6) is 1.23. The molecule has 2 rings (SSSR count). The molecule has 0 aromatic heterocycles. The minimum absolute atomic E-state index is 0.0815. The number of hydrogen-bond donors (Lipinski definition) is 1. The van der Waals surface area contributed by atoms with Crippen LogP contribution in [0.25, 0.3) is 0 Å². The van der Waals surface area contributed by atoms with E-state index >= 15 is 0 Å². The predicted molar refractivity (Wildman–Crippen MR) is 99.6 cm³/mol. The Morgan fingerprint density at radius 1 is 1.08 bits per heavy atom. The fourth-order valence-corrected chi connectivity index (χ4v) is 2.49. The molecule has 0 spiro atoms. The predicted octanol–water partition coefficient (Wildman–Crippen LogP) is 3.46. The first kappa shape index (κ1) is 18.5. The van der Waals surface area contributed by atoms with Crippen molar-refractivity contribution >= 4 is 12.1 Å². The zero-order valence-corrected chi connectivity index (χ0v) is 15.3. The standard InChI is InChI=1S/C20H24N2O3/c1-13-6-8-18(14(2)10-13)25-12-20(23)22-21-11-17-7-9-19(24-5)16(4)15(17)3/h6-11H,12H2,1-5H3,(H,22,23). The maximum absolute atomic E-state index is 11.9. The molecule has 0 heterocycles. The van der Waals surface area contributed by atoms with E-state index < -0.39 is 0 Å². The van der Waals surface area contributed by atoms with Crippen LogP contribution in [-0.4, -0.2) is 25.8 Å². The van der Waals surface area contributed by atoms with Crippen LogP contribution in [0.1, 0.15) is 27.8 Å². The maximum atomic E-state index is 11.9. The third-order valence-corrected chi connectivity index (χ3v) is 4.08. The van der Waals surface area contributed by atoms with Crippen molar-refractivity contribution in [3.63, 3.8) is 0 Å². The highest BCUT2D eigenvalue weighted by Crippen LogP contribution is 2.22. The first-order valence-corrected chi connectivity index (χ1v) is 8.08. The molecule has 2 aromatic carbocycles. The van der Waals surface area contributed by atoms with Gasteiger partial charge in [0, 0.05) is 0 Å². The van der Waals surface area contributed by atoms with Gasteiger partial charge in [0.2, 0.25) is 0 Å². The highest BCUT2D eigenvalue weighted by molar-refractivity contribution is 5.85. The summed E-state index contributed by atoms with van der Waals surface area (Å²) in [7, 11) is 1.64. The molecule has 132 valence electrons. The molecule has 0 aliphatic heterocycles. The summed E-state index contributed by atoms with van der Waals surface area (Å²) in [5, 5.41) is 4.00. The molecule has 2 aromatic rings. The highest BCUT2D eigenvalue weighted by Gasteiger charge is 2.06. The molecule has 1 amide bonds. The number of nitrogens with zero attached hydrogens (tertiary/aromatic N) is 1. The topological polar surface area (TPSA) is 59.9 Å². The lowest BCUT2D eigenvalue weighted by Crippen LogP contribution is -2.24. The van der Waals surface area contributed by atoms with Crippen LogP contribution in [0.2, 0.25) is 0 Å². The molecule has 5 nitrogen and oxygen atoms in total. The molecule has 5 heteroatoms. The van der Waals surface area contributed by atoms with Crippen molar-refractivity contribution in [1.29, 1.82) is 0 Å². The molecule has 0 saturated heterocycles. The molecular formula is C20H24N2O3. The molecule has 0 aliphatic rings. The first-order valence-electron chi connectivity index (χ1n) is 8.08. The van der Waals surface area contributed by atoms with Crippen LogP contribution in [0.3, 0.4) is 0 Å². The summed E-state index contributed by atoms with van der Waals surface area (Å²) in [5.41, 5.74) is 7.67. The van der Waals surface area contributed by atoms with Crippen molar-refractivity contribution in [3.8, 4) is 11.5 Å². The lowest BCUT2D eigenvalue weighted by atomic mass is 10.0. The average Bonchev–Trinajstić information content (AvgIpc) is 2.58. The number of amides is 1. The summed E-state index contributed by atoms with van der Waals surface area (Å²) >= 11 is 0. The SMILES string of the molecule is COc1ccc(C=NNC(=O)COc2ccc(C)cc2C)c(C)c1C. The zero-order valence-electron chi connectivity index (χ0n) is 15.3. The minimum Gasteiger partial charge on any atom is -0.496 e. The van der Waals surface area contributed by atoms with Gasteiger partial charge < -0.3 is 9.47 Å². The van der Waals surface area contributed by atoms with Gasteiger partial charge in [-0.15, -0.1) is 0 Å². The van der Waals surface area contributed by atoms with E-state index in [1.54, 1.807) is 13.3 Å². The van der Waals surface area contributed by atoms with Gasteiger partial charge in [0.1, 0.15) is 11.5 Å². The fourth-order valence-electron chi connectivity index (χ4n) is 2.49. The minimum atomic E-state index is -0.306. The monoisotopic (exact) mass is 340 g/mol. The maximum Gasteiger partial charge on any atom is 0.277 e. The summed E-state index contributed by atoms with van der Waals surface area (Å²) < 4.78 is 10.8. The molecule has 0 radical (unpaired) electrons. The molecule has 0 aliphatic carbocycles. The largest absolute Gasteiger partial charge is 0.496 e. The van der Waals surface area contributed by atoms with E-state index in [4.69, 9.17) is 9.47 Å². The second-order valence-corrected chi connectivity index (χ2v) is 5.96. The van der Waals surface area contributed by atoms with Gasteiger partial charge in [0.25, 0.3) is 5.91 Å². The number of methoxy groups -OCH3 is 1. The van der Waals surface area contributed by atoms with Gasteiger partial charge in [-0.25, -0.2) is 5.43 Å². The highest BCUT2D eigenvalue weighted by atomic mass is 16.5. The number of hydrazone groups is 1. The Morgan fingerprint density at radius 3 is 2.48 bits per heavy atom. The third kappa shape index (κ3) is 4.83. The van der Waals surface area contributed by atoms with Gasteiger partial charge in [-0.1, -0.05) is 17.7 Å². The number of ether oxygens (including phenoxy) is 2.